The second kappa shape index (κ2) is 8.00. The maximum atomic E-state index is 5.71. The molecule has 108 valence electrons. The van der Waals surface area contributed by atoms with Crippen molar-refractivity contribution in [1.82, 2.24) is 10.2 Å². The topological polar surface area (TPSA) is 24.5 Å². The van der Waals surface area contributed by atoms with E-state index < -0.39 is 0 Å². The molecule has 0 aromatic carbocycles. The summed E-state index contributed by atoms with van der Waals surface area (Å²) in [7, 11) is 0. The maximum Gasteiger partial charge on any atom is 0.0702 e. The number of hydrogen-bond acceptors (Lipinski definition) is 4. The summed E-state index contributed by atoms with van der Waals surface area (Å²) >= 11 is 1.84. The molecule has 2 rings (SSSR count). The molecule has 2 heterocycles. The van der Waals surface area contributed by atoms with Gasteiger partial charge in [-0.2, -0.15) is 0 Å². The number of likely N-dealkylation sites (N-methyl/N-ethyl adjacent to an activating group) is 1. The van der Waals surface area contributed by atoms with E-state index in [0.717, 1.165) is 39.3 Å². The number of ether oxygens (including phenoxy) is 1. The molecule has 1 aliphatic rings. The molecule has 1 N–H and O–H groups in total. The highest BCUT2D eigenvalue weighted by Crippen LogP contribution is 2.15. The molecule has 1 aliphatic heterocycles. The molecule has 0 radical (unpaired) electrons. The lowest BCUT2D eigenvalue weighted by Gasteiger charge is -2.23. The Bertz CT molecular complexity index is 361. The minimum atomic E-state index is 0.472. The Labute approximate surface area is 121 Å². The van der Waals surface area contributed by atoms with Gasteiger partial charge >= 0.3 is 0 Å². The fourth-order valence-corrected chi connectivity index (χ4v) is 3.35. The molecule has 1 aromatic heterocycles. The molecule has 1 aromatic rings. The van der Waals surface area contributed by atoms with Crippen LogP contribution in [-0.2, 0) is 11.3 Å². The van der Waals surface area contributed by atoms with Crippen molar-refractivity contribution in [3.63, 3.8) is 0 Å². The summed E-state index contributed by atoms with van der Waals surface area (Å²) in [4.78, 5) is 3.95. The van der Waals surface area contributed by atoms with Gasteiger partial charge in [-0.3, -0.25) is 4.90 Å². The van der Waals surface area contributed by atoms with Crippen molar-refractivity contribution in [3.8, 4) is 0 Å². The lowest BCUT2D eigenvalue weighted by Crippen LogP contribution is -2.37. The normalized spacial score (nSPS) is 19.4. The highest BCUT2D eigenvalue weighted by atomic mass is 32.1. The molecule has 1 unspecified atom stereocenters. The number of thiophene rings is 1. The van der Waals surface area contributed by atoms with Crippen molar-refractivity contribution in [2.45, 2.75) is 39.3 Å². The smallest absolute Gasteiger partial charge is 0.0702 e. The van der Waals surface area contributed by atoms with Crippen LogP contribution in [0.15, 0.2) is 11.4 Å². The second-order valence-electron chi connectivity index (χ2n) is 5.23. The van der Waals surface area contributed by atoms with Gasteiger partial charge in [0.25, 0.3) is 0 Å². The Morgan fingerprint density at radius 3 is 3.05 bits per heavy atom. The summed E-state index contributed by atoms with van der Waals surface area (Å²) in [5.41, 5.74) is 1.41. The SMILES string of the molecule is CCN(CCNCc1sccc1C)CC1CCCO1. The fourth-order valence-electron chi connectivity index (χ4n) is 2.48. The summed E-state index contributed by atoms with van der Waals surface area (Å²) < 4.78 is 5.71. The third kappa shape index (κ3) is 4.88. The van der Waals surface area contributed by atoms with Crippen molar-refractivity contribution in [2.24, 2.45) is 0 Å². The van der Waals surface area contributed by atoms with Gasteiger partial charge in [-0.05, 0) is 43.3 Å². The number of rotatable bonds is 8. The number of nitrogens with zero attached hydrogens (tertiary/aromatic N) is 1. The van der Waals surface area contributed by atoms with Crippen molar-refractivity contribution in [3.05, 3.63) is 21.9 Å². The quantitative estimate of drug-likeness (QED) is 0.742. The summed E-state index contributed by atoms with van der Waals surface area (Å²) in [6.45, 7) is 10.7. The van der Waals surface area contributed by atoms with E-state index in [9.17, 15) is 0 Å². The van der Waals surface area contributed by atoms with Gasteiger partial charge in [-0.1, -0.05) is 6.92 Å². The van der Waals surface area contributed by atoms with Crippen LogP contribution in [-0.4, -0.2) is 43.8 Å². The average Bonchev–Trinajstić information content (AvgIpc) is 3.05. The minimum Gasteiger partial charge on any atom is -0.377 e. The van der Waals surface area contributed by atoms with Crippen LogP contribution in [0, 0.1) is 6.92 Å². The Morgan fingerprint density at radius 1 is 1.53 bits per heavy atom. The van der Waals surface area contributed by atoms with Crippen LogP contribution in [0.5, 0.6) is 0 Å². The van der Waals surface area contributed by atoms with E-state index in [1.54, 1.807) is 0 Å². The predicted octanol–water partition coefficient (Wildman–Crippen LogP) is 2.65. The first-order valence-corrected chi connectivity index (χ1v) is 8.25. The van der Waals surface area contributed by atoms with E-state index in [-0.39, 0.29) is 0 Å². The second-order valence-corrected chi connectivity index (χ2v) is 6.23. The van der Waals surface area contributed by atoms with Gasteiger partial charge in [0.1, 0.15) is 0 Å². The Hall–Kier alpha value is -0.420. The summed E-state index contributed by atoms with van der Waals surface area (Å²) in [5, 5.41) is 5.72. The van der Waals surface area contributed by atoms with E-state index in [2.05, 4.69) is 35.5 Å². The Morgan fingerprint density at radius 2 is 2.42 bits per heavy atom. The molecule has 0 bridgehead atoms. The molecule has 1 atom stereocenters. The lowest BCUT2D eigenvalue weighted by molar-refractivity contribution is 0.0751. The van der Waals surface area contributed by atoms with Crippen LogP contribution in [0.25, 0.3) is 0 Å². The number of hydrogen-bond donors (Lipinski definition) is 1. The van der Waals surface area contributed by atoms with Gasteiger partial charge in [0.15, 0.2) is 0 Å². The highest BCUT2D eigenvalue weighted by Gasteiger charge is 2.17. The fraction of sp³-hybridized carbons (Fsp3) is 0.733. The van der Waals surface area contributed by atoms with E-state index >= 15 is 0 Å². The lowest BCUT2D eigenvalue weighted by atomic mass is 10.2. The molecule has 19 heavy (non-hydrogen) atoms. The van der Waals surface area contributed by atoms with Crippen LogP contribution in [0.3, 0.4) is 0 Å². The summed E-state index contributed by atoms with van der Waals surface area (Å²) in [5.74, 6) is 0. The van der Waals surface area contributed by atoms with Gasteiger partial charge in [0.05, 0.1) is 6.10 Å². The maximum absolute atomic E-state index is 5.71. The van der Waals surface area contributed by atoms with Crippen molar-refractivity contribution >= 4 is 11.3 Å². The molecule has 0 aliphatic carbocycles. The first-order valence-electron chi connectivity index (χ1n) is 7.37. The van der Waals surface area contributed by atoms with Crippen LogP contribution in [0.1, 0.15) is 30.2 Å². The molecule has 0 saturated carbocycles. The summed E-state index contributed by atoms with van der Waals surface area (Å²) in [6.07, 6.45) is 2.94. The molecular formula is C15H26N2OS. The zero-order valence-corrected chi connectivity index (χ0v) is 13.0. The first-order chi connectivity index (χ1) is 9.29. The van der Waals surface area contributed by atoms with Crippen LogP contribution >= 0.6 is 11.3 Å². The minimum absolute atomic E-state index is 0.472. The Kier molecular flexibility index (Phi) is 6.31. The average molecular weight is 282 g/mol. The molecule has 1 fully saturated rings. The van der Waals surface area contributed by atoms with Gasteiger partial charge in [0.2, 0.25) is 0 Å². The molecular weight excluding hydrogens is 256 g/mol. The molecule has 1 saturated heterocycles. The third-order valence-corrected chi connectivity index (χ3v) is 4.81. The number of aryl methyl sites for hydroxylation is 1. The number of nitrogens with one attached hydrogen (secondary N) is 1. The molecule has 0 spiro atoms. The van der Waals surface area contributed by atoms with E-state index in [4.69, 9.17) is 4.74 Å². The van der Waals surface area contributed by atoms with Crippen molar-refractivity contribution in [2.75, 3.05) is 32.8 Å². The zero-order valence-electron chi connectivity index (χ0n) is 12.2. The van der Waals surface area contributed by atoms with Crippen LogP contribution < -0.4 is 5.32 Å². The van der Waals surface area contributed by atoms with E-state index in [1.165, 1.54) is 23.3 Å². The summed E-state index contributed by atoms with van der Waals surface area (Å²) in [6, 6.07) is 2.19. The molecule has 0 amide bonds. The largest absolute Gasteiger partial charge is 0.377 e. The van der Waals surface area contributed by atoms with Crippen LogP contribution in [0.4, 0.5) is 0 Å². The standard InChI is InChI=1S/C15H26N2OS/c1-3-17(12-14-5-4-9-18-14)8-7-16-11-15-13(2)6-10-19-15/h6,10,14,16H,3-5,7-9,11-12H2,1-2H3. The molecule has 4 heteroatoms. The van der Waals surface area contributed by atoms with Crippen LogP contribution in [0.2, 0.25) is 0 Å². The Balaban J connectivity index is 1.61. The highest BCUT2D eigenvalue weighted by molar-refractivity contribution is 7.10. The predicted molar refractivity (Wildman–Crippen MR) is 81.9 cm³/mol. The van der Waals surface area contributed by atoms with E-state index in [1.807, 2.05) is 11.3 Å². The van der Waals surface area contributed by atoms with E-state index in [0.29, 0.717) is 6.10 Å². The monoisotopic (exact) mass is 282 g/mol. The van der Waals surface area contributed by atoms with Gasteiger partial charge in [-0.25, -0.2) is 0 Å². The van der Waals surface area contributed by atoms with Crippen molar-refractivity contribution < 1.29 is 4.74 Å². The van der Waals surface area contributed by atoms with Gasteiger partial charge < -0.3 is 10.1 Å². The van der Waals surface area contributed by atoms with Crippen molar-refractivity contribution in [1.29, 1.82) is 0 Å². The third-order valence-electron chi connectivity index (χ3n) is 3.79. The zero-order chi connectivity index (χ0) is 13.5. The first kappa shape index (κ1) is 15.0. The van der Waals surface area contributed by atoms with Gasteiger partial charge in [0, 0.05) is 37.7 Å². The van der Waals surface area contributed by atoms with Gasteiger partial charge in [-0.15, -0.1) is 11.3 Å². The molecule has 3 nitrogen and oxygen atoms in total.